The molecule has 0 atom stereocenters. The zero-order valence-corrected chi connectivity index (χ0v) is 18.1. The largest absolute Gasteiger partial charge is 0.348 e. The van der Waals surface area contributed by atoms with Gasteiger partial charge in [0, 0.05) is 48.7 Å². The van der Waals surface area contributed by atoms with Crippen molar-refractivity contribution in [1.29, 1.82) is 0 Å². The number of anilines is 1. The Kier molecular flexibility index (Phi) is 5.37. The molecule has 7 nitrogen and oxygen atoms in total. The van der Waals surface area contributed by atoms with Gasteiger partial charge in [-0.2, -0.15) is 5.10 Å². The zero-order valence-electron chi connectivity index (χ0n) is 18.1. The number of aromatic amines is 1. The summed E-state index contributed by atoms with van der Waals surface area (Å²) in [6, 6.07) is 5.99. The quantitative estimate of drug-likeness (QED) is 0.692. The lowest BCUT2D eigenvalue weighted by Crippen LogP contribution is -2.39. The van der Waals surface area contributed by atoms with Crippen molar-refractivity contribution < 1.29 is 9.59 Å². The molecule has 0 aliphatic carbocycles. The van der Waals surface area contributed by atoms with Crippen LogP contribution in [0.15, 0.2) is 24.4 Å². The Morgan fingerprint density at radius 3 is 2.60 bits per heavy atom. The second kappa shape index (κ2) is 7.97. The average molecular weight is 408 g/mol. The second-order valence-electron chi connectivity index (χ2n) is 8.40. The Labute approximate surface area is 176 Å². The van der Waals surface area contributed by atoms with Gasteiger partial charge in [0.2, 0.25) is 5.91 Å². The van der Waals surface area contributed by atoms with Crippen molar-refractivity contribution in [3.63, 3.8) is 0 Å². The fraction of sp³-hybridized carbons (Fsp3) is 0.435. The highest BCUT2D eigenvalue weighted by atomic mass is 16.2. The molecule has 0 bridgehead atoms. The molecule has 3 aromatic rings. The summed E-state index contributed by atoms with van der Waals surface area (Å²) in [7, 11) is 2.06. The van der Waals surface area contributed by atoms with Crippen molar-refractivity contribution in [3.05, 3.63) is 46.9 Å². The Morgan fingerprint density at radius 2 is 1.93 bits per heavy atom. The van der Waals surface area contributed by atoms with Crippen LogP contribution in [0, 0.1) is 26.7 Å². The minimum atomic E-state index is 0.00431. The van der Waals surface area contributed by atoms with E-state index in [0.717, 1.165) is 40.7 Å². The Morgan fingerprint density at radius 1 is 1.20 bits per heavy atom. The first kappa shape index (κ1) is 20.2. The number of aromatic nitrogens is 3. The number of H-pyrrole nitrogens is 1. The van der Waals surface area contributed by atoms with Crippen LogP contribution in [0.25, 0.3) is 10.9 Å². The normalized spacial score (nSPS) is 15.0. The van der Waals surface area contributed by atoms with Gasteiger partial charge in [0.15, 0.2) is 0 Å². The molecular weight excluding hydrogens is 378 g/mol. The van der Waals surface area contributed by atoms with Crippen LogP contribution in [0.4, 0.5) is 5.69 Å². The molecular formula is C23H29N5O2. The van der Waals surface area contributed by atoms with E-state index in [1.165, 1.54) is 11.3 Å². The summed E-state index contributed by atoms with van der Waals surface area (Å²) in [5.74, 6) is 0.377. The Hall–Kier alpha value is -3.09. The number of carbonyl (C=O) groups excluding carboxylic acids is 2. The number of piperidine rings is 1. The molecule has 30 heavy (non-hydrogen) atoms. The van der Waals surface area contributed by atoms with Gasteiger partial charge >= 0.3 is 0 Å². The number of rotatable bonds is 4. The van der Waals surface area contributed by atoms with Gasteiger partial charge in [-0.05, 0) is 63.3 Å². The van der Waals surface area contributed by atoms with Crippen molar-refractivity contribution in [3.8, 4) is 0 Å². The van der Waals surface area contributed by atoms with Gasteiger partial charge in [0.25, 0.3) is 5.91 Å². The van der Waals surface area contributed by atoms with E-state index < -0.39 is 0 Å². The predicted octanol–water partition coefficient (Wildman–Crippen LogP) is 3.71. The van der Waals surface area contributed by atoms with Gasteiger partial charge in [-0.25, -0.2) is 0 Å². The van der Waals surface area contributed by atoms with Crippen molar-refractivity contribution in [2.75, 3.05) is 18.4 Å². The fourth-order valence-electron chi connectivity index (χ4n) is 4.35. The summed E-state index contributed by atoms with van der Waals surface area (Å²) in [6.45, 7) is 7.46. The molecule has 0 spiro atoms. The number of fused-ring (bicyclic) bond motifs is 1. The minimum absolute atomic E-state index is 0.00431. The van der Waals surface area contributed by atoms with Crippen LogP contribution < -0.4 is 5.32 Å². The number of carbonyl (C=O) groups is 2. The van der Waals surface area contributed by atoms with Gasteiger partial charge in [-0.3, -0.25) is 14.7 Å². The summed E-state index contributed by atoms with van der Waals surface area (Å²) in [4.78, 5) is 27.3. The smallest absolute Gasteiger partial charge is 0.253 e. The minimum Gasteiger partial charge on any atom is -0.348 e. The van der Waals surface area contributed by atoms with Crippen LogP contribution in [0.2, 0.25) is 0 Å². The van der Waals surface area contributed by atoms with Crippen LogP contribution in [-0.4, -0.2) is 44.6 Å². The molecule has 4 rings (SSSR count). The molecule has 1 aliphatic rings. The molecule has 2 aromatic heterocycles. The first-order valence-electron chi connectivity index (χ1n) is 10.5. The number of hydrogen-bond acceptors (Lipinski definition) is 3. The topological polar surface area (TPSA) is 83.0 Å². The summed E-state index contributed by atoms with van der Waals surface area (Å²) in [5.41, 5.74) is 5.92. The zero-order chi connectivity index (χ0) is 21.4. The van der Waals surface area contributed by atoms with Crippen molar-refractivity contribution in [2.24, 2.45) is 13.0 Å². The lowest BCUT2D eigenvalue weighted by Gasteiger charge is -2.32. The van der Waals surface area contributed by atoms with Crippen molar-refractivity contribution >= 4 is 28.4 Å². The van der Waals surface area contributed by atoms with Gasteiger partial charge in [-0.1, -0.05) is 0 Å². The van der Waals surface area contributed by atoms with Crippen LogP contribution in [0.5, 0.6) is 0 Å². The molecule has 0 radical (unpaired) electrons. The first-order chi connectivity index (χ1) is 14.3. The summed E-state index contributed by atoms with van der Waals surface area (Å²) >= 11 is 0. The van der Waals surface area contributed by atoms with E-state index in [-0.39, 0.29) is 11.8 Å². The van der Waals surface area contributed by atoms with Crippen LogP contribution >= 0.6 is 0 Å². The average Bonchev–Trinajstić information content (AvgIpc) is 3.24. The second-order valence-corrected chi connectivity index (χ2v) is 8.40. The Balaban J connectivity index is 1.36. The maximum atomic E-state index is 13.1. The number of amides is 2. The van der Waals surface area contributed by atoms with Gasteiger partial charge in [0.1, 0.15) is 0 Å². The molecule has 2 N–H and O–H groups in total. The monoisotopic (exact) mass is 407 g/mol. The molecule has 158 valence electrons. The molecule has 3 heterocycles. The molecule has 0 unspecified atom stereocenters. The molecule has 1 fully saturated rings. The van der Waals surface area contributed by atoms with E-state index in [0.29, 0.717) is 25.4 Å². The molecule has 1 aromatic carbocycles. The third-order valence-electron chi connectivity index (χ3n) is 6.53. The Bertz CT molecular complexity index is 1100. The van der Waals surface area contributed by atoms with Crippen LogP contribution in [-0.2, 0) is 11.8 Å². The third kappa shape index (κ3) is 3.72. The maximum Gasteiger partial charge on any atom is 0.253 e. The van der Waals surface area contributed by atoms with Gasteiger partial charge in [0.05, 0.1) is 17.6 Å². The van der Waals surface area contributed by atoms with Crippen molar-refractivity contribution in [1.82, 2.24) is 19.7 Å². The van der Waals surface area contributed by atoms with E-state index in [1.807, 2.05) is 30.0 Å². The molecule has 1 saturated heterocycles. The standard InChI is InChI=1S/C23H29N5O2/c1-14-16(3)27(4)21-6-5-18(12-19(14)21)23(30)28-9-7-17(8-10-28)11-22(29)25-20-13-24-26-15(20)2/h5-6,12-13,17H,7-11H2,1-4H3,(H,24,26)(H,25,29). The molecule has 2 amide bonds. The number of aryl methyl sites for hydroxylation is 3. The van der Waals surface area contributed by atoms with Gasteiger partial charge in [-0.15, -0.1) is 0 Å². The van der Waals surface area contributed by atoms with E-state index in [2.05, 4.69) is 41.0 Å². The van der Waals surface area contributed by atoms with E-state index in [4.69, 9.17) is 0 Å². The van der Waals surface area contributed by atoms with E-state index in [9.17, 15) is 9.59 Å². The SMILES string of the molecule is Cc1[nH]ncc1NC(=O)CC1CCN(C(=O)c2ccc3c(c2)c(C)c(C)n3C)CC1. The summed E-state index contributed by atoms with van der Waals surface area (Å²) in [5, 5.41) is 10.8. The van der Waals surface area contributed by atoms with E-state index in [1.54, 1.807) is 6.20 Å². The number of likely N-dealkylation sites (tertiary alicyclic amines) is 1. The summed E-state index contributed by atoms with van der Waals surface area (Å²) in [6.07, 6.45) is 3.78. The van der Waals surface area contributed by atoms with Crippen molar-refractivity contribution in [2.45, 2.75) is 40.0 Å². The lowest BCUT2D eigenvalue weighted by molar-refractivity contribution is -0.117. The molecule has 7 heteroatoms. The molecule has 1 aliphatic heterocycles. The number of hydrogen-bond donors (Lipinski definition) is 2. The lowest BCUT2D eigenvalue weighted by atomic mass is 9.92. The van der Waals surface area contributed by atoms with Gasteiger partial charge < -0.3 is 14.8 Å². The van der Waals surface area contributed by atoms with Crippen LogP contribution in [0.3, 0.4) is 0 Å². The van der Waals surface area contributed by atoms with Crippen LogP contribution in [0.1, 0.15) is 46.6 Å². The molecule has 0 saturated carbocycles. The highest BCUT2D eigenvalue weighted by Gasteiger charge is 2.26. The number of benzene rings is 1. The highest BCUT2D eigenvalue weighted by molar-refractivity contribution is 5.99. The fourth-order valence-corrected chi connectivity index (χ4v) is 4.35. The third-order valence-corrected chi connectivity index (χ3v) is 6.53. The highest BCUT2D eigenvalue weighted by Crippen LogP contribution is 2.27. The maximum absolute atomic E-state index is 13.1. The number of nitrogens with one attached hydrogen (secondary N) is 2. The number of nitrogens with zero attached hydrogens (tertiary/aromatic N) is 3. The predicted molar refractivity (Wildman–Crippen MR) is 118 cm³/mol. The van der Waals surface area contributed by atoms with E-state index >= 15 is 0 Å². The first-order valence-corrected chi connectivity index (χ1v) is 10.5. The summed E-state index contributed by atoms with van der Waals surface area (Å²) < 4.78 is 2.17.